The Hall–Kier alpha value is -0.170. The number of nitrogens with one attached hydrogen (secondary N) is 1. The Bertz CT molecular complexity index is 360. The number of likely N-dealkylation sites (tertiary alicyclic amines) is 1. The van der Waals surface area contributed by atoms with Gasteiger partial charge in [0, 0.05) is 13.1 Å². The smallest absolute Gasteiger partial charge is 0.214 e. The van der Waals surface area contributed by atoms with Crippen LogP contribution in [0.1, 0.15) is 44.9 Å². The quantitative estimate of drug-likeness (QED) is 0.755. The molecule has 2 aliphatic rings. The Morgan fingerprint density at radius 3 is 2.37 bits per heavy atom. The van der Waals surface area contributed by atoms with E-state index in [1.54, 1.807) is 0 Å². The van der Waals surface area contributed by atoms with E-state index in [-0.39, 0.29) is 11.8 Å². The van der Waals surface area contributed by atoms with Crippen LogP contribution in [0.3, 0.4) is 0 Å². The summed E-state index contributed by atoms with van der Waals surface area (Å²) in [6, 6.07) is 0. The Kier molecular flexibility index (Phi) is 5.62. The summed E-state index contributed by atoms with van der Waals surface area (Å²) in [4.78, 5) is 2.19. The van der Waals surface area contributed by atoms with E-state index in [2.05, 4.69) is 9.62 Å². The van der Waals surface area contributed by atoms with Gasteiger partial charge in [0.1, 0.15) is 0 Å². The lowest BCUT2D eigenvalue weighted by Gasteiger charge is -2.24. The molecule has 0 aromatic carbocycles. The SMILES string of the molecule is O=S(=O)(NC[C@@H](O)CN1CCCC1)C1CCCCC1. The summed E-state index contributed by atoms with van der Waals surface area (Å²) in [5.74, 6) is 0. The number of hydrogen-bond acceptors (Lipinski definition) is 4. The van der Waals surface area contributed by atoms with Gasteiger partial charge in [0.15, 0.2) is 0 Å². The van der Waals surface area contributed by atoms with Crippen molar-refractivity contribution in [3.05, 3.63) is 0 Å². The lowest BCUT2D eigenvalue weighted by Crippen LogP contribution is -2.42. The third-order valence-electron chi connectivity index (χ3n) is 4.18. The first-order valence-corrected chi connectivity index (χ1v) is 9.01. The fourth-order valence-corrected chi connectivity index (χ4v) is 4.65. The lowest BCUT2D eigenvalue weighted by molar-refractivity contribution is 0.128. The number of aliphatic hydroxyl groups is 1. The van der Waals surface area contributed by atoms with Crippen LogP contribution in [0.5, 0.6) is 0 Å². The van der Waals surface area contributed by atoms with Crippen molar-refractivity contribution in [3.63, 3.8) is 0 Å². The van der Waals surface area contributed by atoms with Gasteiger partial charge in [-0.3, -0.25) is 0 Å². The molecule has 1 heterocycles. The fraction of sp³-hybridized carbons (Fsp3) is 1.00. The summed E-state index contributed by atoms with van der Waals surface area (Å²) in [6.45, 7) is 2.77. The molecule has 19 heavy (non-hydrogen) atoms. The molecule has 2 N–H and O–H groups in total. The second-order valence-corrected chi connectivity index (χ2v) is 7.86. The molecule has 2 fully saturated rings. The van der Waals surface area contributed by atoms with Gasteiger partial charge in [0.25, 0.3) is 0 Å². The molecule has 0 bridgehead atoms. The molecule has 6 heteroatoms. The van der Waals surface area contributed by atoms with Crippen molar-refractivity contribution in [2.45, 2.75) is 56.3 Å². The minimum absolute atomic E-state index is 0.148. The molecule has 0 unspecified atom stereocenters. The van der Waals surface area contributed by atoms with Crippen LogP contribution in [-0.2, 0) is 10.0 Å². The van der Waals surface area contributed by atoms with Gasteiger partial charge in [-0.25, -0.2) is 13.1 Å². The molecule has 1 aliphatic heterocycles. The molecule has 1 saturated carbocycles. The van der Waals surface area contributed by atoms with Crippen LogP contribution >= 0.6 is 0 Å². The molecule has 1 aliphatic carbocycles. The zero-order valence-corrected chi connectivity index (χ0v) is 12.4. The van der Waals surface area contributed by atoms with Gasteiger partial charge in [-0.1, -0.05) is 19.3 Å². The summed E-state index contributed by atoms with van der Waals surface area (Å²) < 4.78 is 26.8. The molecule has 0 radical (unpaired) electrons. The van der Waals surface area contributed by atoms with Gasteiger partial charge in [0.05, 0.1) is 11.4 Å². The maximum Gasteiger partial charge on any atom is 0.214 e. The third-order valence-corrected chi connectivity index (χ3v) is 6.10. The van der Waals surface area contributed by atoms with Crippen LogP contribution in [-0.4, -0.2) is 56.0 Å². The average Bonchev–Trinajstić information content (AvgIpc) is 2.90. The Balaban J connectivity index is 1.73. The first kappa shape index (κ1) is 15.2. The van der Waals surface area contributed by atoms with Crippen molar-refractivity contribution in [2.75, 3.05) is 26.2 Å². The van der Waals surface area contributed by atoms with E-state index < -0.39 is 16.1 Å². The zero-order valence-electron chi connectivity index (χ0n) is 11.6. The summed E-state index contributed by atoms with van der Waals surface area (Å²) in [5.41, 5.74) is 0. The molecule has 1 saturated heterocycles. The van der Waals surface area contributed by atoms with Gasteiger partial charge in [-0.15, -0.1) is 0 Å². The predicted molar refractivity (Wildman–Crippen MR) is 75.5 cm³/mol. The molecule has 112 valence electrons. The highest BCUT2D eigenvalue weighted by Gasteiger charge is 2.27. The Morgan fingerprint density at radius 2 is 1.74 bits per heavy atom. The lowest BCUT2D eigenvalue weighted by atomic mass is 10.0. The highest BCUT2D eigenvalue weighted by molar-refractivity contribution is 7.90. The second-order valence-electron chi connectivity index (χ2n) is 5.82. The maximum atomic E-state index is 12.1. The van der Waals surface area contributed by atoms with Gasteiger partial charge >= 0.3 is 0 Å². The number of aliphatic hydroxyl groups excluding tert-OH is 1. The minimum Gasteiger partial charge on any atom is -0.390 e. The van der Waals surface area contributed by atoms with Crippen LogP contribution in [0.25, 0.3) is 0 Å². The zero-order chi connectivity index (χ0) is 13.7. The number of rotatable bonds is 6. The van der Waals surface area contributed by atoms with Crippen molar-refractivity contribution >= 4 is 10.0 Å². The van der Waals surface area contributed by atoms with Crippen molar-refractivity contribution in [3.8, 4) is 0 Å². The molecule has 1 atom stereocenters. The van der Waals surface area contributed by atoms with E-state index >= 15 is 0 Å². The molecule has 0 aromatic heterocycles. The van der Waals surface area contributed by atoms with E-state index in [4.69, 9.17) is 0 Å². The van der Waals surface area contributed by atoms with Crippen molar-refractivity contribution in [1.29, 1.82) is 0 Å². The summed E-state index contributed by atoms with van der Waals surface area (Å²) in [5, 5.41) is 9.65. The third kappa shape index (κ3) is 4.70. The van der Waals surface area contributed by atoms with E-state index in [0.717, 1.165) is 45.2 Å². The van der Waals surface area contributed by atoms with Gasteiger partial charge < -0.3 is 10.0 Å². The number of β-amino-alcohol motifs (C(OH)–C–C–N with tert-alkyl or cyclic N) is 1. The van der Waals surface area contributed by atoms with Crippen molar-refractivity contribution in [1.82, 2.24) is 9.62 Å². The predicted octanol–water partition coefficient (Wildman–Crippen LogP) is 0.695. The molecular weight excluding hydrogens is 264 g/mol. The number of nitrogens with zero attached hydrogens (tertiary/aromatic N) is 1. The van der Waals surface area contributed by atoms with Crippen molar-refractivity contribution < 1.29 is 13.5 Å². The maximum absolute atomic E-state index is 12.1. The van der Waals surface area contributed by atoms with Crippen LogP contribution in [0.4, 0.5) is 0 Å². The summed E-state index contributed by atoms with van der Waals surface area (Å²) in [6.07, 6.45) is 6.43. The highest BCUT2D eigenvalue weighted by Crippen LogP contribution is 2.22. The largest absolute Gasteiger partial charge is 0.390 e. The normalized spacial score (nSPS) is 24.7. The number of hydrogen-bond donors (Lipinski definition) is 2. The van der Waals surface area contributed by atoms with E-state index in [1.165, 1.54) is 12.8 Å². The first-order valence-electron chi connectivity index (χ1n) is 7.47. The van der Waals surface area contributed by atoms with Crippen LogP contribution < -0.4 is 4.72 Å². The van der Waals surface area contributed by atoms with Gasteiger partial charge in [-0.05, 0) is 38.8 Å². The van der Waals surface area contributed by atoms with E-state index in [9.17, 15) is 13.5 Å². The summed E-state index contributed by atoms with van der Waals surface area (Å²) >= 11 is 0. The highest BCUT2D eigenvalue weighted by atomic mass is 32.2. The van der Waals surface area contributed by atoms with Gasteiger partial charge in [-0.2, -0.15) is 0 Å². The van der Waals surface area contributed by atoms with E-state index in [1.807, 2.05) is 0 Å². The molecule has 0 aromatic rings. The molecule has 5 nitrogen and oxygen atoms in total. The van der Waals surface area contributed by atoms with Crippen LogP contribution in [0.2, 0.25) is 0 Å². The fourth-order valence-electron chi connectivity index (χ4n) is 3.03. The van der Waals surface area contributed by atoms with Gasteiger partial charge in [0.2, 0.25) is 10.0 Å². The molecular formula is C13H26N2O3S. The van der Waals surface area contributed by atoms with Crippen molar-refractivity contribution in [2.24, 2.45) is 0 Å². The molecule has 0 spiro atoms. The van der Waals surface area contributed by atoms with Crippen LogP contribution in [0.15, 0.2) is 0 Å². The average molecular weight is 290 g/mol. The van der Waals surface area contributed by atoms with E-state index in [0.29, 0.717) is 6.54 Å². The van der Waals surface area contributed by atoms with Crippen LogP contribution in [0, 0.1) is 0 Å². The topological polar surface area (TPSA) is 69.6 Å². The molecule has 2 rings (SSSR count). The minimum atomic E-state index is -3.24. The Labute approximate surface area is 116 Å². The standard InChI is InChI=1S/C13H26N2O3S/c16-12(11-15-8-4-5-9-15)10-14-19(17,18)13-6-2-1-3-7-13/h12-14,16H,1-11H2/t12-/m1/s1. The monoisotopic (exact) mass is 290 g/mol. The number of sulfonamides is 1. The second kappa shape index (κ2) is 7.02. The molecule has 0 amide bonds. The first-order chi connectivity index (χ1) is 9.08. The summed E-state index contributed by atoms with van der Waals surface area (Å²) in [7, 11) is -3.24. The Morgan fingerprint density at radius 1 is 1.11 bits per heavy atom.